The SMILES string of the molecule is C[C@H](NC(=O)c1cc2c([nH]c1=O)CCCC2=O)c1ccccn1. The van der Waals surface area contributed by atoms with E-state index in [-0.39, 0.29) is 17.4 Å². The Balaban J connectivity index is 1.87. The third-order valence-corrected chi connectivity index (χ3v) is 3.98. The maximum absolute atomic E-state index is 12.4. The van der Waals surface area contributed by atoms with Crippen molar-refractivity contribution in [2.75, 3.05) is 0 Å². The van der Waals surface area contributed by atoms with Crippen molar-refractivity contribution in [1.29, 1.82) is 0 Å². The Morgan fingerprint density at radius 1 is 1.30 bits per heavy atom. The van der Waals surface area contributed by atoms with E-state index < -0.39 is 11.5 Å². The second-order valence-corrected chi connectivity index (χ2v) is 5.63. The quantitative estimate of drug-likeness (QED) is 0.903. The highest BCUT2D eigenvalue weighted by molar-refractivity contribution is 6.01. The van der Waals surface area contributed by atoms with Crippen LogP contribution in [-0.4, -0.2) is 21.7 Å². The lowest BCUT2D eigenvalue weighted by atomic mass is 9.93. The summed E-state index contributed by atoms with van der Waals surface area (Å²) < 4.78 is 0. The molecule has 1 aliphatic carbocycles. The summed E-state index contributed by atoms with van der Waals surface area (Å²) in [5.41, 5.74) is 1.27. The van der Waals surface area contributed by atoms with E-state index in [0.29, 0.717) is 29.8 Å². The summed E-state index contributed by atoms with van der Waals surface area (Å²) in [6.07, 6.45) is 3.47. The van der Waals surface area contributed by atoms with Crippen LogP contribution < -0.4 is 10.9 Å². The number of carbonyl (C=O) groups is 2. The number of nitrogens with zero attached hydrogens (tertiary/aromatic N) is 1. The minimum atomic E-state index is -0.509. The molecule has 2 N–H and O–H groups in total. The average molecular weight is 311 g/mol. The van der Waals surface area contributed by atoms with Crippen LogP contribution in [0.15, 0.2) is 35.3 Å². The summed E-state index contributed by atoms with van der Waals surface area (Å²) in [5, 5.41) is 2.74. The maximum Gasteiger partial charge on any atom is 0.261 e. The van der Waals surface area contributed by atoms with E-state index in [0.717, 1.165) is 6.42 Å². The monoisotopic (exact) mass is 311 g/mol. The molecule has 0 saturated carbocycles. The van der Waals surface area contributed by atoms with Crippen LogP contribution >= 0.6 is 0 Å². The van der Waals surface area contributed by atoms with Gasteiger partial charge in [0.25, 0.3) is 11.5 Å². The molecule has 0 aliphatic heterocycles. The highest BCUT2D eigenvalue weighted by Gasteiger charge is 2.22. The van der Waals surface area contributed by atoms with Crippen LogP contribution in [0.3, 0.4) is 0 Å². The van der Waals surface area contributed by atoms with Gasteiger partial charge in [-0.15, -0.1) is 0 Å². The number of aromatic amines is 1. The number of amides is 1. The first kappa shape index (κ1) is 15.1. The van der Waals surface area contributed by atoms with Crippen molar-refractivity contribution in [2.24, 2.45) is 0 Å². The van der Waals surface area contributed by atoms with Crippen LogP contribution in [0.5, 0.6) is 0 Å². The number of H-pyrrole nitrogens is 1. The van der Waals surface area contributed by atoms with Crippen LogP contribution in [0.25, 0.3) is 0 Å². The second kappa shape index (κ2) is 6.16. The summed E-state index contributed by atoms with van der Waals surface area (Å²) in [6.45, 7) is 1.79. The molecule has 6 nitrogen and oxygen atoms in total. The fraction of sp³-hybridized carbons (Fsp3) is 0.294. The highest BCUT2D eigenvalue weighted by atomic mass is 16.2. The molecular formula is C17H17N3O3. The van der Waals surface area contributed by atoms with E-state index in [9.17, 15) is 14.4 Å². The molecule has 0 fully saturated rings. The van der Waals surface area contributed by atoms with Crippen LogP contribution in [0, 0.1) is 0 Å². The fourth-order valence-corrected chi connectivity index (χ4v) is 2.72. The van der Waals surface area contributed by atoms with Crippen molar-refractivity contribution in [3.63, 3.8) is 0 Å². The molecule has 2 aromatic rings. The molecule has 6 heteroatoms. The van der Waals surface area contributed by atoms with Crippen LogP contribution in [0.2, 0.25) is 0 Å². The zero-order chi connectivity index (χ0) is 16.4. The number of aromatic nitrogens is 2. The van der Waals surface area contributed by atoms with Crippen LogP contribution in [0.1, 0.15) is 57.9 Å². The molecule has 0 radical (unpaired) electrons. The number of nitrogens with one attached hydrogen (secondary N) is 2. The number of ketones is 1. The van der Waals surface area contributed by atoms with E-state index in [4.69, 9.17) is 0 Å². The Bertz CT molecular complexity index is 812. The first-order chi connectivity index (χ1) is 11.1. The van der Waals surface area contributed by atoms with Gasteiger partial charge in [-0.05, 0) is 38.0 Å². The van der Waals surface area contributed by atoms with Gasteiger partial charge in [0.05, 0.1) is 11.7 Å². The van der Waals surface area contributed by atoms with Crippen molar-refractivity contribution >= 4 is 11.7 Å². The molecule has 0 aromatic carbocycles. The van der Waals surface area contributed by atoms with Crippen molar-refractivity contribution in [1.82, 2.24) is 15.3 Å². The molecule has 23 heavy (non-hydrogen) atoms. The third kappa shape index (κ3) is 3.06. The number of Topliss-reactive ketones (excluding diaryl/α,β-unsaturated/α-hetero) is 1. The van der Waals surface area contributed by atoms with Gasteiger partial charge in [-0.25, -0.2) is 0 Å². The first-order valence-corrected chi connectivity index (χ1v) is 7.57. The number of hydrogen-bond donors (Lipinski definition) is 2. The standard InChI is InChI=1S/C17H17N3O3/c1-10(13-5-2-3-8-18-13)19-16(22)12-9-11-14(20-17(12)23)6-4-7-15(11)21/h2-3,5,8-10H,4,6-7H2,1H3,(H,19,22)(H,20,23)/t10-/m0/s1. The predicted octanol–water partition coefficient (Wildman–Crippen LogP) is 1.78. The molecular weight excluding hydrogens is 294 g/mol. The Kier molecular flexibility index (Phi) is 4.06. The van der Waals surface area contributed by atoms with Gasteiger partial charge in [0.1, 0.15) is 5.56 Å². The van der Waals surface area contributed by atoms with Gasteiger partial charge in [0, 0.05) is 23.9 Å². The van der Waals surface area contributed by atoms with Crippen LogP contribution in [0.4, 0.5) is 0 Å². The normalized spacial score (nSPS) is 14.9. The molecule has 0 spiro atoms. The van der Waals surface area contributed by atoms with Crippen molar-refractivity contribution in [2.45, 2.75) is 32.2 Å². The topological polar surface area (TPSA) is 91.9 Å². The predicted molar refractivity (Wildman–Crippen MR) is 84.4 cm³/mol. The number of rotatable bonds is 3. The summed E-state index contributed by atoms with van der Waals surface area (Å²) in [6, 6.07) is 6.49. The number of carbonyl (C=O) groups excluding carboxylic acids is 2. The molecule has 0 bridgehead atoms. The Morgan fingerprint density at radius 2 is 2.13 bits per heavy atom. The van der Waals surface area contributed by atoms with E-state index in [1.165, 1.54) is 6.07 Å². The molecule has 118 valence electrons. The third-order valence-electron chi connectivity index (χ3n) is 3.98. The molecule has 0 saturated heterocycles. The molecule has 2 heterocycles. The zero-order valence-electron chi connectivity index (χ0n) is 12.8. The Morgan fingerprint density at radius 3 is 2.87 bits per heavy atom. The van der Waals surface area contributed by atoms with E-state index in [1.54, 1.807) is 25.3 Å². The number of fused-ring (bicyclic) bond motifs is 1. The number of pyridine rings is 2. The summed E-state index contributed by atoms with van der Waals surface area (Å²) in [7, 11) is 0. The molecule has 1 atom stereocenters. The molecule has 3 rings (SSSR count). The highest BCUT2D eigenvalue weighted by Crippen LogP contribution is 2.19. The zero-order valence-corrected chi connectivity index (χ0v) is 12.8. The smallest absolute Gasteiger partial charge is 0.261 e. The van der Waals surface area contributed by atoms with E-state index in [1.807, 2.05) is 6.07 Å². The van der Waals surface area contributed by atoms with Crippen molar-refractivity contribution in [3.8, 4) is 0 Å². The average Bonchev–Trinajstić information content (AvgIpc) is 2.55. The summed E-state index contributed by atoms with van der Waals surface area (Å²) >= 11 is 0. The minimum absolute atomic E-state index is 0.0330. The molecule has 1 aliphatic rings. The number of hydrogen-bond acceptors (Lipinski definition) is 4. The van der Waals surface area contributed by atoms with Gasteiger partial charge >= 0.3 is 0 Å². The summed E-state index contributed by atoms with van der Waals surface area (Å²) in [5.74, 6) is -0.542. The number of aryl methyl sites for hydroxylation is 1. The van der Waals surface area contributed by atoms with Gasteiger partial charge in [-0.3, -0.25) is 19.4 Å². The lowest BCUT2D eigenvalue weighted by Gasteiger charge is -2.16. The Labute approximate surface area is 133 Å². The maximum atomic E-state index is 12.4. The first-order valence-electron chi connectivity index (χ1n) is 7.57. The van der Waals surface area contributed by atoms with Gasteiger partial charge in [-0.2, -0.15) is 0 Å². The largest absolute Gasteiger partial charge is 0.344 e. The van der Waals surface area contributed by atoms with E-state index in [2.05, 4.69) is 15.3 Å². The lowest BCUT2D eigenvalue weighted by molar-refractivity contribution is 0.0937. The van der Waals surface area contributed by atoms with Gasteiger partial charge < -0.3 is 10.3 Å². The van der Waals surface area contributed by atoms with Crippen LogP contribution in [-0.2, 0) is 6.42 Å². The molecule has 1 amide bonds. The summed E-state index contributed by atoms with van der Waals surface area (Å²) in [4.78, 5) is 43.3. The van der Waals surface area contributed by atoms with Gasteiger partial charge in [0.15, 0.2) is 5.78 Å². The Hall–Kier alpha value is -2.76. The fourth-order valence-electron chi connectivity index (χ4n) is 2.72. The van der Waals surface area contributed by atoms with Gasteiger partial charge in [0.2, 0.25) is 0 Å². The minimum Gasteiger partial charge on any atom is -0.344 e. The molecule has 0 unspecified atom stereocenters. The van der Waals surface area contributed by atoms with Gasteiger partial charge in [-0.1, -0.05) is 6.07 Å². The van der Waals surface area contributed by atoms with E-state index >= 15 is 0 Å². The molecule has 2 aromatic heterocycles. The van der Waals surface area contributed by atoms with Crippen molar-refractivity contribution in [3.05, 3.63) is 63.3 Å². The van der Waals surface area contributed by atoms with Crippen molar-refractivity contribution < 1.29 is 9.59 Å². The second-order valence-electron chi connectivity index (χ2n) is 5.63. The lowest BCUT2D eigenvalue weighted by Crippen LogP contribution is -2.33.